The van der Waals surface area contributed by atoms with Crippen LogP contribution in [0.4, 0.5) is 30.7 Å². The minimum Gasteiger partial charge on any atom is -0.481 e. The minimum atomic E-state index is -5.50. The zero-order valence-electron chi connectivity index (χ0n) is 9.14. The van der Waals surface area contributed by atoms with E-state index in [1.807, 2.05) is 0 Å². The molecule has 1 aromatic rings. The number of rotatable bonds is 3. The molecule has 0 fully saturated rings. The molecule has 0 aliphatic carbocycles. The molecule has 1 aromatic heterocycles. The molecule has 112 valence electrons. The van der Waals surface area contributed by atoms with Gasteiger partial charge in [-0.15, -0.1) is 13.2 Å². The van der Waals surface area contributed by atoms with Gasteiger partial charge in [-0.2, -0.15) is 13.2 Å². The van der Waals surface area contributed by atoms with Crippen molar-refractivity contribution in [1.82, 2.24) is 4.98 Å². The zero-order valence-corrected chi connectivity index (χ0v) is 9.14. The second kappa shape index (κ2) is 5.13. The lowest BCUT2D eigenvalue weighted by atomic mass is 10.2. The van der Waals surface area contributed by atoms with Crippen molar-refractivity contribution in [3.05, 3.63) is 23.3 Å². The first-order valence-electron chi connectivity index (χ1n) is 4.64. The SMILES string of the molecule is O=C(O)Cc1ncc(C(F)(F)F)c(F)c1OC(F)(F)F. The van der Waals surface area contributed by atoms with E-state index in [-0.39, 0.29) is 6.20 Å². The van der Waals surface area contributed by atoms with Crippen LogP contribution in [0.1, 0.15) is 11.3 Å². The summed E-state index contributed by atoms with van der Waals surface area (Å²) >= 11 is 0. The average Bonchev–Trinajstić information content (AvgIpc) is 2.19. The van der Waals surface area contributed by atoms with E-state index in [1.165, 1.54) is 0 Å². The number of carboxylic acids is 1. The third-order valence-electron chi connectivity index (χ3n) is 1.89. The van der Waals surface area contributed by atoms with Crippen LogP contribution in [0.25, 0.3) is 0 Å². The standard InChI is InChI=1S/C9H4F7NO3/c10-6-3(8(11,12)13)2-17-4(1-5(18)19)7(6)20-9(14,15)16/h2H,1H2,(H,18,19). The number of hydrogen-bond acceptors (Lipinski definition) is 3. The lowest BCUT2D eigenvalue weighted by molar-refractivity contribution is -0.276. The number of alkyl halides is 6. The largest absolute Gasteiger partial charge is 0.573 e. The Kier molecular flexibility index (Phi) is 4.10. The molecular formula is C9H4F7NO3. The number of hydrogen-bond donors (Lipinski definition) is 1. The summed E-state index contributed by atoms with van der Waals surface area (Å²) in [6.45, 7) is 0. The van der Waals surface area contributed by atoms with Gasteiger partial charge in [0.15, 0.2) is 11.6 Å². The lowest BCUT2D eigenvalue weighted by Crippen LogP contribution is -2.22. The van der Waals surface area contributed by atoms with Gasteiger partial charge in [0, 0.05) is 6.20 Å². The molecule has 0 atom stereocenters. The van der Waals surface area contributed by atoms with E-state index in [0.717, 1.165) is 0 Å². The third-order valence-corrected chi connectivity index (χ3v) is 1.89. The van der Waals surface area contributed by atoms with Crippen LogP contribution >= 0.6 is 0 Å². The molecule has 0 saturated heterocycles. The number of aliphatic carboxylic acids is 1. The predicted molar refractivity (Wildman–Crippen MR) is 47.2 cm³/mol. The first kappa shape index (κ1) is 16.0. The summed E-state index contributed by atoms with van der Waals surface area (Å²) in [5.41, 5.74) is -3.20. The zero-order chi connectivity index (χ0) is 15.7. The van der Waals surface area contributed by atoms with Gasteiger partial charge in [-0.1, -0.05) is 0 Å². The smallest absolute Gasteiger partial charge is 0.481 e. The highest BCUT2D eigenvalue weighted by molar-refractivity contribution is 5.70. The molecule has 0 radical (unpaired) electrons. The van der Waals surface area contributed by atoms with Gasteiger partial charge >= 0.3 is 18.5 Å². The van der Waals surface area contributed by atoms with Gasteiger partial charge in [-0.05, 0) is 0 Å². The van der Waals surface area contributed by atoms with Crippen molar-refractivity contribution in [1.29, 1.82) is 0 Å². The maximum absolute atomic E-state index is 13.4. The number of carbonyl (C=O) groups is 1. The summed E-state index contributed by atoms with van der Waals surface area (Å²) in [5, 5.41) is 8.39. The van der Waals surface area contributed by atoms with Crippen LogP contribution < -0.4 is 4.74 Å². The Balaban J connectivity index is 3.41. The van der Waals surface area contributed by atoms with E-state index in [9.17, 15) is 35.5 Å². The topological polar surface area (TPSA) is 59.4 Å². The molecule has 0 aliphatic rings. The lowest BCUT2D eigenvalue weighted by Gasteiger charge is -2.15. The van der Waals surface area contributed by atoms with Crippen molar-refractivity contribution in [3.8, 4) is 5.75 Å². The second-order valence-electron chi connectivity index (χ2n) is 3.38. The molecular weight excluding hydrogens is 303 g/mol. The third kappa shape index (κ3) is 3.96. The first-order chi connectivity index (χ1) is 8.92. The normalized spacial score (nSPS) is 12.3. The van der Waals surface area contributed by atoms with Gasteiger partial charge in [0.2, 0.25) is 0 Å². The van der Waals surface area contributed by atoms with E-state index >= 15 is 0 Å². The van der Waals surface area contributed by atoms with Crippen molar-refractivity contribution >= 4 is 5.97 Å². The quantitative estimate of drug-likeness (QED) is 0.872. The monoisotopic (exact) mass is 307 g/mol. The molecule has 0 aliphatic heterocycles. The van der Waals surface area contributed by atoms with Crippen LogP contribution in [0.15, 0.2) is 6.20 Å². The van der Waals surface area contributed by atoms with Crippen molar-refractivity contribution < 1.29 is 45.4 Å². The molecule has 4 nitrogen and oxygen atoms in total. The van der Waals surface area contributed by atoms with Crippen LogP contribution in [-0.4, -0.2) is 22.4 Å². The number of nitrogens with zero attached hydrogens (tertiary/aromatic N) is 1. The fraction of sp³-hybridized carbons (Fsp3) is 0.333. The molecule has 0 saturated carbocycles. The van der Waals surface area contributed by atoms with Crippen LogP contribution in [-0.2, 0) is 17.4 Å². The predicted octanol–water partition coefficient (Wildman–Crippen LogP) is 2.77. The Labute approximate surface area is 105 Å². The summed E-state index contributed by atoms with van der Waals surface area (Å²) in [6.07, 6.45) is -12.1. The Hall–Kier alpha value is -2.07. The van der Waals surface area contributed by atoms with Crippen molar-refractivity contribution in [2.24, 2.45) is 0 Å². The van der Waals surface area contributed by atoms with E-state index in [4.69, 9.17) is 5.11 Å². The molecule has 1 heterocycles. The van der Waals surface area contributed by atoms with Crippen molar-refractivity contribution in [2.75, 3.05) is 0 Å². The fourth-order valence-electron chi connectivity index (χ4n) is 1.19. The van der Waals surface area contributed by atoms with Crippen molar-refractivity contribution in [3.63, 3.8) is 0 Å². The molecule has 0 bridgehead atoms. The van der Waals surface area contributed by atoms with E-state index in [2.05, 4.69) is 9.72 Å². The number of aromatic nitrogens is 1. The highest BCUT2D eigenvalue weighted by atomic mass is 19.4. The van der Waals surface area contributed by atoms with Gasteiger partial charge in [0.1, 0.15) is 5.56 Å². The van der Waals surface area contributed by atoms with Crippen LogP contribution in [0, 0.1) is 5.82 Å². The van der Waals surface area contributed by atoms with Gasteiger partial charge in [-0.25, -0.2) is 4.39 Å². The number of halogens is 7. The summed E-state index contributed by atoms with van der Waals surface area (Å²) in [7, 11) is 0. The molecule has 11 heteroatoms. The van der Waals surface area contributed by atoms with E-state index in [1.54, 1.807) is 0 Å². The molecule has 0 spiro atoms. The average molecular weight is 307 g/mol. The number of pyridine rings is 1. The molecule has 0 amide bonds. The number of carboxylic acid groups (broad SMARTS) is 1. The summed E-state index contributed by atoms with van der Waals surface area (Å²) in [4.78, 5) is 13.2. The molecule has 0 unspecified atom stereocenters. The second-order valence-corrected chi connectivity index (χ2v) is 3.38. The fourth-order valence-corrected chi connectivity index (χ4v) is 1.19. The minimum absolute atomic E-state index is 0.100. The first-order valence-corrected chi connectivity index (χ1v) is 4.64. The van der Waals surface area contributed by atoms with E-state index < -0.39 is 47.8 Å². The van der Waals surface area contributed by atoms with Crippen LogP contribution in [0.5, 0.6) is 5.75 Å². The van der Waals surface area contributed by atoms with Gasteiger partial charge in [0.05, 0.1) is 12.1 Å². The summed E-state index contributed by atoms with van der Waals surface area (Å²) < 4.78 is 89.6. The molecule has 20 heavy (non-hydrogen) atoms. The number of ether oxygens (including phenoxy) is 1. The highest BCUT2D eigenvalue weighted by Gasteiger charge is 2.40. The Morgan fingerprint density at radius 1 is 1.25 bits per heavy atom. The van der Waals surface area contributed by atoms with Gasteiger partial charge in [0.25, 0.3) is 0 Å². The van der Waals surface area contributed by atoms with E-state index in [0.29, 0.717) is 0 Å². The Bertz CT molecular complexity index is 523. The van der Waals surface area contributed by atoms with Gasteiger partial charge < -0.3 is 9.84 Å². The van der Waals surface area contributed by atoms with Crippen molar-refractivity contribution in [2.45, 2.75) is 19.0 Å². The Morgan fingerprint density at radius 3 is 2.20 bits per heavy atom. The maximum atomic E-state index is 13.4. The molecule has 1 rings (SSSR count). The van der Waals surface area contributed by atoms with Crippen LogP contribution in [0.3, 0.4) is 0 Å². The summed E-state index contributed by atoms with van der Waals surface area (Å²) in [6, 6.07) is 0. The van der Waals surface area contributed by atoms with Crippen LogP contribution in [0.2, 0.25) is 0 Å². The van der Waals surface area contributed by atoms with Gasteiger partial charge in [-0.3, -0.25) is 9.78 Å². The Morgan fingerprint density at radius 2 is 1.80 bits per heavy atom. The highest BCUT2D eigenvalue weighted by Crippen LogP contribution is 2.37. The molecule has 1 N–H and O–H groups in total. The molecule has 0 aromatic carbocycles. The maximum Gasteiger partial charge on any atom is 0.573 e. The summed E-state index contributed by atoms with van der Waals surface area (Å²) in [5.74, 6) is -6.00.